The second kappa shape index (κ2) is 84.4. The summed E-state index contributed by atoms with van der Waals surface area (Å²) < 4.78 is 0. The fourth-order valence-electron chi connectivity index (χ4n) is 0. The van der Waals surface area contributed by atoms with Gasteiger partial charge in [-0.3, -0.25) is 0 Å². The van der Waals surface area contributed by atoms with E-state index >= 15 is 0 Å². The van der Waals surface area contributed by atoms with Crippen LogP contribution < -0.4 is 29.6 Å². The third-order valence-electron chi connectivity index (χ3n) is 0. The fourth-order valence-corrected chi connectivity index (χ4v) is 0. The molecule has 1 nitrogen and oxygen atoms in total. The topological polar surface area (TPSA) is 30.0 Å². The molecule has 32 valence electrons. The smallest absolute Gasteiger partial charge is 0.870 e. The van der Waals surface area contributed by atoms with Crippen LogP contribution in [0.2, 0.25) is 0 Å². The Bertz CT molecular complexity index is 6.85. The molecule has 0 amide bonds. The van der Waals surface area contributed by atoms with Crippen molar-refractivity contribution in [2.75, 3.05) is 0 Å². The van der Waals surface area contributed by atoms with Crippen molar-refractivity contribution in [1.82, 2.24) is 0 Å². The van der Waals surface area contributed by atoms with Gasteiger partial charge in [0.15, 0.2) is 0 Å². The number of rotatable bonds is 0. The van der Waals surface area contributed by atoms with E-state index in [-0.39, 0.29) is 57.3 Å². The largest absolute Gasteiger partial charge is 1.00 e. The summed E-state index contributed by atoms with van der Waals surface area (Å²) in [4.78, 5) is 0. The van der Waals surface area contributed by atoms with Crippen LogP contribution in [0.4, 0.5) is 0 Å². The maximum absolute atomic E-state index is 0. The molecule has 1 N–H and O–H groups in total. The molecule has 0 fully saturated rings. The summed E-state index contributed by atoms with van der Waals surface area (Å²) in [6, 6.07) is 0. The standard InChI is InChI=1S/3CH4.Na.H2O/h3*1H4;;1H2/q;;;+1;/p-1. The Morgan fingerprint density at radius 1 is 0.600 bits per heavy atom. The van der Waals surface area contributed by atoms with E-state index in [0.717, 1.165) is 0 Å². The van der Waals surface area contributed by atoms with E-state index < -0.39 is 0 Å². The first-order valence-electron chi connectivity index (χ1n) is 0. The van der Waals surface area contributed by atoms with Gasteiger partial charge in [0.2, 0.25) is 0 Å². The minimum Gasteiger partial charge on any atom is -0.870 e. The van der Waals surface area contributed by atoms with Crippen LogP contribution >= 0.6 is 0 Å². The molecule has 0 aromatic heterocycles. The van der Waals surface area contributed by atoms with Crippen molar-refractivity contribution < 1.29 is 35.0 Å². The summed E-state index contributed by atoms with van der Waals surface area (Å²) in [7, 11) is 0. The molecule has 0 unspecified atom stereocenters. The van der Waals surface area contributed by atoms with Crippen molar-refractivity contribution in [2.45, 2.75) is 22.3 Å². The molecular weight excluding hydrogens is 75.0 g/mol. The summed E-state index contributed by atoms with van der Waals surface area (Å²) in [5.41, 5.74) is 0. The molecule has 0 rings (SSSR count). The van der Waals surface area contributed by atoms with Gasteiger partial charge in [-0.25, -0.2) is 0 Å². The number of hydrogen-bond donors (Lipinski definition) is 0. The van der Waals surface area contributed by atoms with Crippen molar-refractivity contribution in [2.24, 2.45) is 0 Å². The first kappa shape index (κ1) is 159. The summed E-state index contributed by atoms with van der Waals surface area (Å²) in [5.74, 6) is 0. The van der Waals surface area contributed by atoms with E-state index in [9.17, 15) is 0 Å². The Kier molecular flexibility index (Phi) is 2690. The zero-order valence-electron chi connectivity index (χ0n) is 1.45. The Hall–Kier alpha value is 0.960. The molecule has 0 aromatic carbocycles. The maximum atomic E-state index is 0. The monoisotopic (exact) mass is 88.1 g/mol. The first-order valence-corrected chi connectivity index (χ1v) is 0. The Morgan fingerprint density at radius 2 is 0.600 bits per heavy atom. The van der Waals surface area contributed by atoms with Gasteiger partial charge in [0.05, 0.1) is 0 Å². The third kappa shape index (κ3) is 47.2. The fraction of sp³-hybridized carbons (Fsp3) is 1.00. The van der Waals surface area contributed by atoms with Crippen LogP contribution in [0.3, 0.4) is 0 Å². The molecule has 0 aliphatic heterocycles. The van der Waals surface area contributed by atoms with Crippen LogP contribution in [0, 0.1) is 0 Å². The van der Waals surface area contributed by atoms with Gasteiger partial charge in [-0.05, 0) is 0 Å². The Labute approximate surface area is 57.4 Å². The van der Waals surface area contributed by atoms with Crippen molar-refractivity contribution in [3.8, 4) is 0 Å². The first-order chi connectivity index (χ1) is 0. The maximum Gasteiger partial charge on any atom is 1.00 e. The molecule has 0 heterocycles. The minimum absolute atomic E-state index is 0. The van der Waals surface area contributed by atoms with Crippen LogP contribution in [0.5, 0.6) is 0 Å². The summed E-state index contributed by atoms with van der Waals surface area (Å²) in [5, 5.41) is 0. The van der Waals surface area contributed by atoms with Gasteiger partial charge in [0.1, 0.15) is 0 Å². The quantitative estimate of drug-likeness (QED) is 0.340. The summed E-state index contributed by atoms with van der Waals surface area (Å²) >= 11 is 0. The van der Waals surface area contributed by atoms with Gasteiger partial charge in [-0.1, -0.05) is 22.3 Å². The molecular formula is C3H13NaO. The van der Waals surface area contributed by atoms with E-state index in [4.69, 9.17) is 0 Å². The zero-order valence-corrected chi connectivity index (χ0v) is 3.45. The molecule has 0 bridgehead atoms. The predicted molar refractivity (Wildman–Crippen MR) is 22.1 cm³/mol. The van der Waals surface area contributed by atoms with Gasteiger partial charge < -0.3 is 5.48 Å². The Morgan fingerprint density at radius 3 is 0.600 bits per heavy atom. The normalized spacial score (nSPS) is 0. The second-order valence-corrected chi connectivity index (χ2v) is 0. The molecule has 0 aliphatic rings. The van der Waals surface area contributed by atoms with Gasteiger partial charge in [-0.2, -0.15) is 0 Å². The van der Waals surface area contributed by atoms with Crippen LogP contribution in [0.25, 0.3) is 0 Å². The van der Waals surface area contributed by atoms with Crippen molar-refractivity contribution in [3.05, 3.63) is 0 Å². The summed E-state index contributed by atoms with van der Waals surface area (Å²) in [6.45, 7) is 0. The second-order valence-electron chi connectivity index (χ2n) is 0. The van der Waals surface area contributed by atoms with Crippen LogP contribution in [0.1, 0.15) is 22.3 Å². The van der Waals surface area contributed by atoms with Gasteiger partial charge in [-0.15, -0.1) is 0 Å². The van der Waals surface area contributed by atoms with Crippen molar-refractivity contribution in [1.29, 1.82) is 0 Å². The molecule has 2 heteroatoms. The van der Waals surface area contributed by atoms with Gasteiger partial charge >= 0.3 is 29.6 Å². The molecule has 0 radical (unpaired) electrons. The summed E-state index contributed by atoms with van der Waals surface area (Å²) in [6.07, 6.45) is 0. The predicted octanol–water partition coefficient (Wildman–Crippen LogP) is -1.26. The van der Waals surface area contributed by atoms with E-state index in [0.29, 0.717) is 0 Å². The SMILES string of the molecule is C.C.C.[Na+].[OH-]. The molecule has 0 spiro atoms. The van der Waals surface area contributed by atoms with E-state index in [1.165, 1.54) is 0 Å². The molecule has 0 saturated carbocycles. The zero-order chi connectivity index (χ0) is 0. The van der Waals surface area contributed by atoms with Crippen LogP contribution in [-0.4, -0.2) is 5.48 Å². The van der Waals surface area contributed by atoms with Crippen LogP contribution in [0.15, 0.2) is 0 Å². The van der Waals surface area contributed by atoms with Crippen LogP contribution in [-0.2, 0) is 0 Å². The molecule has 5 heavy (non-hydrogen) atoms. The Balaban J connectivity index is 0. The molecule has 0 aliphatic carbocycles. The van der Waals surface area contributed by atoms with Crippen molar-refractivity contribution in [3.63, 3.8) is 0 Å². The van der Waals surface area contributed by atoms with Gasteiger partial charge in [0.25, 0.3) is 0 Å². The van der Waals surface area contributed by atoms with E-state index in [2.05, 4.69) is 0 Å². The molecule has 0 atom stereocenters. The van der Waals surface area contributed by atoms with Crippen molar-refractivity contribution >= 4 is 0 Å². The molecule has 0 saturated heterocycles. The van der Waals surface area contributed by atoms with E-state index in [1.807, 2.05) is 0 Å². The molecule has 0 aromatic rings. The third-order valence-corrected chi connectivity index (χ3v) is 0. The van der Waals surface area contributed by atoms with Gasteiger partial charge in [0, 0.05) is 0 Å². The average molecular weight is 88.1 g/mol. The average Bonchev–Trinajstić information content (AvgIpc) is 0. The minimum atomic E-state index is 0. The van der Waals surface area contributed by atoms with E-state index in [1.54, 1.807) is 0 Å². The number of hydrogen-bond acceptors (Lipinski definition) is 1.